The standard InChI is InChI=1S/C21H19NO4/c1-14(23)12-15-4-3-5-17(13-15)22-21(24)20-11-10-19(26-20)16-6-8-18(25-2)9-7-16/h3-11,13H,12H2,1-2H3,(H,22,24). The van der Waals surface area contributed by atoms with Gasteiger partial charge in [0, 0.05) is 17.7 Å². The first-order valence-corrected chi connectivity index (χ1v) is 8.19. The van der Waals surface area contributed by atoms with Gasteiger partial charge in [0.1, 0.15) is 17.3 Å². The van der Waals surface area contributed by atoms with Crippen LogP contribution in [-0.4, -0.2) is 18.8 Å². The number of benzene rings is 2. The summed E-state index contributed by atoms with van der Waals surface area (Å²) in [6.45, 7) is 1.54. The molecule has 1 heterocycles. The highest BCUT2D eigenvalue weighted by molar-refractivity contribution is 6.02. The van der Waals surface area contributed by atoms with Crippen LogP contribution in [0.25, 0.3) is 11.3 Å². The molecule has 1 N–H and O–H groups in total. The van der Waals surface area contributed by atoms with Crippen LogP contribution >= 0.6 is 0 Å². The molecule has 0 saturated heterocycles. The van der Waals surface area contributed by atoms with Crippen LogP contribution in [0.1, 0.15) is 23.0 Å². The summed E-state index contributed by atoms with van der Waals surface area (Å²) in [4.78, 5) is 23.6. The quantitative estimate of drug-likeness (QED) is 0.719. The summed E-state index contributed by atoms with van der Waals surface area (Å²) < 4.78 is 10.8. The molecule has 0 unspecified atom stereocenters. The van der Waals surface area contributed by atoms with E-state index in [0.29, 0.717) is 17.9 Å². The van der Waals surface area contributed by atoms with E-state index in [1.807, 2.05) is 30.3 Å². The SMILES string of the molecule is COc1ccc(-c2ccc(C(=O)Nc3cccc(CC(C)=O)c3)o2)cc1. The molecule has 0 radical (unpaired) electrons. The average molecular weight is 349 g/mol. The number of ether oxygens (including phenoxy) is 1. The molecule has 26 heavy (non-hydrogen) atoms. The number of furan rings is 1. The van der Waals surface area contributed by atoms with E-state index in [-0.39, 0.29) is 17.5 Å². The third-order valence-electron chi connectivity index (χ3n) is 3.84. The second-order valence-corrected chi connectivity index (χ2v) is 5.93. The highest BCUT2D eigenvalue weighted by Crippen LogP contribution is 2.25. The molecule has 0 aliphatic carbocycles. The molecule has 0 spiro atoms. The maximum atomic E-state index is 12.4. The van der Waals surface area contributed by atoms with E-state index in [1.165, 1.54) is 6.92 Å². The van der Waals surface area contributed by atoms with Gasteiger partial charge in [0.15, 0.2) is 5.76 Å². The summed E-state index contributed by atoms with van der Waals surface area (Å²) >= 11 is 0. The van der Waals surface area contributed by atoms with Crippen molar-refractivity contribution in [1.82, 2.24) is 0 Å². The van der Waals surface area contributed by atoms with Gasteiger partial charge < -0.3 is 14.5 Å². The van der Waals surface area contributed by atoms with Crippen molar-refractivity contribution in [2.24, 2.45) is 0 Å². The van der Waals surface area contributed by atoms with Gasteiger partial charge in [-0.05, 0) is 61.0 Å². The van der Waals surface area contributed by atoms with E-state index in [0.717, 1.165) is 16.9 Å². The van der Waals surface area contributed by atoms with Crippen molar-refractivity contribution >= 4 is 17.4 Å². The zero-order valence-electron chi connectivity index (χ0n) is 14.6. The second kappa shape index (κ2) is 7.70. The Kier molecular flexibility index (Phi) is 5.17. The molecule has 2 aromatic carbocycles. The van der Waals surface area contributed by atoms with Crippen LogP contribution in [0, 0.1) is 0 Å². The van der Waals surface area contributed by atoms with Crippen molar-refractivity contribution in [1.29, 1.82) is 0 Å². The molecule has 0 aliphatic heterocycles. The molecule has 0 atom stereocenters. The largest absolute Gasteiger partial charge is 0.497 e. The molecule has 0 saturated carbocycles. The lowest BCUT2D eigenvalue weighted by Gasteiger charge is -2.05. The minimum absolute atomic E-state index is 0.0728. The van der Waals surface area contributed by atoms with Gasteiger partial charge in [0.25, 0.3) is 5.91 Å². The number of carbonyl (C=O) groups is 2. The number of nitrogens with one attached hydrogen (secondary N) is 1. The Morgan fingerprint density at radius 3 is 2.50 bits per heavy atom. The van der Waals surface area contributed by atoms with Gasteiger partial charge in [0.05, 0.1) is 7.11 Å². The summed E-state index contributed by atoms with van der Waals surface area (Å²) in [5.74, 6) is 1.30. The first-order valence-electron chi connectivity index (χ1n) is 8.19. The second-order valence-electron chi connectivity index (χ2n) is 5.93. The summed E-state index contributed by atoms with van der Waals surface area (Å²) in [5.41, 5.74) is 2.33. The minimum Gasteiger partial charge on any atom is -0.497 e. The molecular weight excluding hydrogens is 330 g/mol. The maximum absolute atomic E-state index is 12.4. The van der Waals surface area contributed by atoms with Gasteiger partial charge in [-0.15, -0.1) is 0 Å². The Labute approximate surface area is 151 Å². The fourth-order valence-corrected chi connectivity index (χ4v) is 2.61. The van der Waals surface area contributed by atoms with Crippen LogP contribution in [0.15, 0.2) is 65.1 Å². The zero-order valence-corrected chi connectivity index (χ0v) is 14.6. The molecule has 5 nitrogen and oxygen atoms in total. The number of amides is 1. The highest BCUT2D eigenvalue weighted by Gasteiger charge is 2.13. The lowest BCUT2D eigenvalue weighted by molar-refractivity contribution is -0.116. The maximum Gasteiger partial charge on any atom is 0.291 e. The van der Waals surface area contributed by atoms with Crippen molar-refractivity contribution in [2.45, 2.75) is 13.3 Å². The first-order chi connectivity index (χ1) is 12.5. The molecule has 0 bridgehead atoms. The Bertz CT molecular complexity index is 925. The summed E-state index contributed by atoms with van der Waals surface area (Å²) in [6, 6.07) is 18.0. The number of rotatable bonds is 6. The smallest absolute Gasteiger partial charge is 0.291 e. The van der Waals surface area contributed by atoms with Crippen LogP contribution < -0.4 is 10.1 Å². The number of hydrogen-bond donors (Lipinski definition) is 1. The van der Waals surface area contributed by atoms with E-state index >= 15 is 0 Å². The van der Waals surface area contributed by atoms with Gasteiger partial charge in [-0.3, -0.25) is 9.59 Å². The Balaban J connectivity index is 1.72. The third kappa shape index (κ3) is 4.19. The van der Waals surface area contributed by atoms with Crippen LogP contribution in [0.3, 0.4) is 0 Å². The van der Waals surface area contributed by atoms with Crippen LogP contribution in [-0.2, 0) is 11.2 Å². The van der Waals surface area contributed by atoms with Crippen LogP contribution in [0.4, 0.5) is 5.69 Å². The Hall–Kier alpha value is -3.34. The van der Waals surface area contributed by atoms with E-state index in [4.69, 9.17) is 9.15 Å². The third-order valence-corrected chi connectivity index (χ3v) is 3.84. The van der Waals surface area contributed by atoms with Crippen molar-refractivity contribution in [3.63, 3.8) is 0 Å². The topological polar surface area (TPSA) is 68.5 Å². The lowest BCUT2D eigenvalue weighted by Crippen LogP contribution is -2.11. The minimum atomic E-state index is -0.343. The Morgan fingerprint density at radius 2 is 1.81 bits per heavy atom. The van der Waals surface area contributed by atoms with Crippen molar-refractivity contribution < 1.29 is 18.7 Å². The Morgan fingerprint density at radius 1 is 1.04 bits per heavy atom. The zero-order chi connectivity index (χ0) is 18.5. The number of ketones is 1. The monoisotopic (exact) mass is 349 g/mol. The van der Waals surface area contributed by atoms with Gasteiger partial charge in [-0.25, -0.2) is 0 Å². The predicted octanol–water partition coefficient (Wildman–Crippen LogP) is 4.34. The molecule has 3 rings (SSSR count). The summed E-state index contributed by atoms with van der Waals surface area (Å²) in [6.07, 6.45) is 0.339. The summed E-state index contributed by atoms with van der Waals surface area (Å²) in [7, 11) is 1.61. The van der Waals surface area contributed by atoms with Gasteiger partial charge in [-0.2, -0.15) is 0 Å². The molecule has 0 fully saturated rings. The van der Waals surface area contributed by atoms with Crippen LogP contribution in [0.2, 0.25) is 0 Å². The number of methoxy groups -OCH3 is 1. The molecular formula is C21H19NO4. The average Bonchev–Trinajstić information content (AvgIpc) is 3.12. The molecule has 132 valence electrons. The van der Waals surface area contributed by atoms with Crippen molar-refractivity contribution in [3.8, 4) is 17.1 Å². The highest BCUT2D eigenvalue weighted by atomic mass is 16.5. The van der Waals surface area contributed by atoms with E-state index in [1.54, 1.807) is 37.4 Å². The van der Waals surface area contributed by atoms with Gasteiger partial charge in [0.2, 0.25) is 0 Å². The molecule has 3 aromatic rings. The van der Waals surface area contributed by atoms with Crippen molar-refractivity contribution in [2.75, 3.05) is 12.4 Å². The molecule has 1 aromatic heterocycles. The van der Waals surface area contributed by atoms with Gasteiger partial charge >= 0.3 is 0 Å². The fraction of sp³-hybridized carbons (Fsp3) is 0.143. The number of hydrogen-bond acceptors (Lipinski definition) is 4. The molecule has 5 heteroatoms. The van der Waals surface area contributed by atoms with E-state index in [9.17, 15) is 9.59 Å². The molecule has 1 amide bonds. The predicted molar refractivity (Wildman–Crippen MR) is 99.5 cm³/mol. The normalized spacial score (nSPS) is 10.4. The van der Waals surface area contributed by atoms with E-state index < -0.39 is 0 Å². The van der Waals surface area contributed by atoms with Crippen LogP contribution in [0.5, 0.6) is 5.75 Å². The van der Waals surface area contributed by atoms with Gasteiger partial charge in [-0.1, -0.05) is 12.1 Å². The number of Topliss-reactive ketones (excluding diaryl/α,β-unsaturated/α-hetero) is 1. The lowest BCUT2D eigenvalue weighted by atomic mass is 10.1. The van der Waals surface area contributed by atoms with E-state index in [2.05, 4.69) is 5.32 Å². The van der Waals surface area contributed by atoms with Crippen molar-refractivity contribution in [3.05, 3.63) is 72.0 Å². The first kappa shape index (κ1) is 17.5. The summed E-state index contributed by atoms with van der Waals surface area (Å²) in [5, 5.41) is 2.79. The fourth-order valence-electron chi connectivity index (χ4n) is 2.61. The number of carbonyl (C=O) groups excluding carboxylic acids is 2. The molecule has 0 aliphatic rings. The number of anilines is 1.